The highest BCUT2D eigenvalue weighted by atomic mass is 32.2. The van der Waals surface area contributed by atoms with E-state index in [4.69, 9.17) is 9.47 Å². The normalized spacial score (nSPS) is 13.7. The quantitative estimate of drug-likeness (QED) is 0.749. The first-order valence-electron chi connectivity index (χ1n) is 5.86. The number of esters is 1. The fourth-order valence-electron chi connectivity index (χ4n) is 1.77. The number of hydrogen-bond acceptors (Lipinski definition) is 6. The molecule has 8 heteroatoms. The fourth-order valence-corrected chi connectivity index (χ4v) is 2.61. The van der Waals surface area contributed by atoms with Gasteiger partial charge in [0, 0.05) is 6.07 Å². The summed E-state index contributed by atoms with van der Waals surface area (Å²) in [6.07, 6.45) is 1.02. The summed E-state index contributed by atoms with van der Waals surface area (Å²) in [7, 11) is -2.41. The molecule has 110 valence electrons. The molecule has 0 saturated heterocycles. The summed E-state index contributed by atoms with van der Waals surface area (Å²) in [4.78, 5) is 11.3. The van der Waals surface area contributed by atoms with Gasteiger partial charge in [0.25, 0.3) is 0 Å². The van der Waals surface area contributed by atoms with E-state index in [1.165, 1.54) is 13.2 Å². The van der Waals surface area contributed by atoms with E-state index < -0.39 is 22.5 Å². The predicted octanol–water partition coefficient (Wildman–Crippen LogP) is 0.397. The van der Waals surface area contributed by atoms with Crippen LogP contribution in [0.2, 0.25) is 0 Å². The lowest BCUT2D eigenvalue weighted by molar-refractivity contribution is -0.138. The molecule has 1 heterocycles. The Hall–Kier alpha value is -1.96. The Kier molecular flexibility index (Phi) is 4.03. The monoisotopic (exact) mass is 301 g/mol. The zero-order valence-electron chi connectivity index (χ0n) is 11.2. The Labute approximate surface area is 117 Å². The smallest absolute Gasteiger partial charge is 0.326 e. The van der Waals surface area contributed by atoms with Crippen LogP contribution in [0.4, 0.5) is 5.69 Å². The summed E-state index contributed by atoms with van der Waals surface area (Å²) >= 11 is 0. The Morgan fingerprint density at radius 1 is 1.30 bits per heavy atom. The molecular formula is C12H15NO6S. The summed E-state index contributed by atoms with van der Waals surface area (Å²) < 4.78 is 39.8. The second-order valence-corrected chi connectivity index (χ2v) is 6.08. The topological polar surface area (TPSA) is 82.1 Å². The van der Waals surface area contributed by atoms with Crippen molar-refractivity contribution in [2.75, 3.05) is 37.4 Å². The van der Waals surface area contributed by atoms with Crippen molar-refractivity contribution in [3.63, 3.8) is 0 Å². The fraction of sp³-hybridized carbons (Fsp3) is 0.417. The van der Waals surface area contributed by atoms with Crippen LogP contribution in [0.3, 0.4) is 0 Å². The van der Waals surface area contributed by atoms with E-state index in [1.807, 2.05) is 0 Å². The number of carbonyl (C=O) groups excluding carboxylic acids is 1. The minimum absolute atomic E-state index is 0.321. The molecule has 0 fully saturated rings. The maximum atomic E-state index is 11.8. The molecule has 0 aromatic heterocycles. The van der Waals surface area contributed by atoms with Crippen LogP contribution in [-0.2, 0) is 19.6 Å². The number of fused-ring (bicyclic) bond motifs is 1. The van der Waals surface area contributed by atoms with Gasteiger partial charge in [0.1, 0.15) is 19.8 Å². The van der Waals surface area contributed by atoms with E-state index in [0.29, 0.717) is 30.4 Å². The Morgan fingerprint density at radius 3 is 2.55 bits per heavy atom. The van der Waals surface area contributed by atoms with E-state index in [1.54, 1.807) is 12.1 Å². The molecule has 7 nitrogen and oxygen atoms in total. The van der Waals surface area contributed by atoms with Crippen LogP contribution < -0.4 is 13.8 Å². The number of ether oxygens (including phenoxy) is 3. The lowest BCUT2D eigenvalue weighted by Gasteiger charge is -2.24. The second-order valence-electron chi connectivity index (χ2n) is 4.17. The van der Waals surface area contributed by atoms with E-state index >= 15 is 0 Å². The zero-order valence-corrected chi connectivity index (χ0v) is 12.0. The number of methoxy groups -OCH3 is 1. The first-order chi connectivity index (χ1) is 9.41. The Morgan fingerprint density at radius 2 is 1.95 bits per heavy atom. The van der Waals surface area contributed by atoms with Crippen molar-refractivity contribution >= 4 is 21.7 Å². The maximum Gasteiger partial charge on any atom is 0.326 e. The van der Waals surface area contributed by atoms with Crippen molar-refractivity contribution < 1.29 is 27.4 Å². The van der Waals surface area contributed by atoms with Crippen LogP contribution >= 0.6 is 0 Å². The standard InChI is InChI=1S/C12H15NO6S/c1-17-12(14)8-13(20(2,15)16)9-3-4-10-11(7-9)19-6-5-18-10/h3-4,7H,5-6,8H2,1-2H3. The van der Waals surface area contributed by atoms with E-state index in [9.17, 15) is 13.2 Å². The summed E-state index contributed by atoms with van der Waals surface area (Å²) in [5.41, 5.74) is 0.321. The number of hydrogen-bond donors (Lipinski definition) is 0. The number of nitrogens with zero attached hydrogens (tertiary/aromatic N) is 1. The summed E-state index contributed by atoms with van der Waals surface area (Å²) in [5, 5.41) is 0. The lowest BCUT2D eigenvalue weighted by atomic mass is 10.2. The number of benzene rings is 1. The number of anilines is 1. The van der Waals surface area contributed by atoms with Crippen LogP contribution in [0, 0.1) is 0 Å². The van der Waals surface area contributed by atoms with Gasteiger partial charge in [-0.3, -0.25) is 9.10 Å². The highest BCUT2D eigenvalue weighted by molar-refractivity contribution is 7.92. The zero-order chi connectivity index (χ0) is 14.8. The third kappa shape index (κ3) is 3.13. The molecule has 1 aromatic carbocycles. The van der Waals surface area contributed by atoms with Gasteiger partial charge < -0.3 is 14.2 Å². The van der Waals surface area contributed by atoms with Crippen molar-refractivity contribution in [2.24, 2.45) is 0 Å². The molecule has 1 aliphatic rings. The van der Waals surface area contributed by atoms with Crippen molar-refractivity contribution in [3.8, 4) is 11.5 Å². The molecule has 2 rings (SSSR count). The molecule has 0 amide bonds. The van der Waals surface area contributed by atoms with Crippen LogP contribution in [0.15, 0.2) is 18.2 Å². The Balaban J connectivity index is 2.36. The van der Waals surface area contributed by atoms with Crippen molar-refractivity contribution in [3.05, 3.63) is 18.2 Å². The number of carbonyl (C=O) groups is 1. The summed E-state index contributed by atoms with van der Waals surface area (Å²) in [5.74, 6) is 0.351. The molecule has 20 heavy (non-hydrogen) atoms. The average Bonchev–Trinajstić information content (AvgIpc) is 2.42. The first-order valence-corrected chi connectivity index (χ1v) is 7.71. The van der Waals surface area contributed by atoms with E-state index in [2.05, 4.69) is 4.74 Å². The van der Waals surface area contributed by atoms with Gasteiger partial charge in [-0.2, -0.15) is 0 Å². The molecule has 0 spiro atoms. The molecule has 0 aliphatic carbocycles. The summed E-state index contributed by atoms with van der Waals surface area (Å²) in [6.45, 7) is 0.450. The minimum Gasteiger partial charge on any atom is -0.486 e. The molecule has 0 radical (unpaired) electrons. The van der Waals surface area contributed by atoms with Gasteiger partial charge in [0.2, 0.25) is 10.0 Å². The Bertz CT molecular complexity index is 612. The van der Waals surface area contributed by atoms with Crippen molar-refractivity contribution in [1.29, 1.82) is 0 Å². The molecule has 0 unspecified atom stereocenters. The van der Waals surface area contributed by atoms with Crippen LogP contribution in [0.1, 0.15) is 0 Å². The van der Waals surface area contributed by atoms with E-state index in [0.717, 1.165) is 10.6 Å². The third-order valence-corrected chi connectivity index (χ3v) is 3.86. The molecule has 0 bridgehead atoms. The molecule has 0 atom stereocenters. The largest absolute Gasteiger partial charge is 0.486 e. The molecule has 0 saturated carbocycles. The van der Waals surface area contributed by atoms with Gasteiger partial charge >= 0.3 is 5.97 Å². The second kappa shape index (κ2) is 5.58. The lowest BCUT2D eigenvalue weighted by Crippen LogP contribution is -2.35. The third-order valence-electron chi connectivity index (χ3n) is 2.71. The van der Waals surface area contributed by atoms with Gasteiger partial charge in [0.05, 0.1) is 19.1 Å². The van der Waals surface area contributed by atoms with E-state index in [-0.39, 0.29) is 0 Å². The minimum atomic E-state index is -3.61. The highest BCUT2D eigenvalue weighted by Gasteiger charge is 2.23. The molecule has 1 aromatic rings. The maximum absolute atomic E-state index is 11.8. The molecule has 0 N–H and O–H groups in total. The van der Waals surface area contributed by atoms with Crippen LogP contribution in [0.25, 0.3) is 0 Å². The van der Waals surface area contributed by atoms with Gasteiger partial charge in [-0.15, -0.1) is 0 Å². The van der Waals surface area contributed by atoms with Gasteiger partial charge in [-0.05, 0) is 12.1 Å². The molecular weight excluding hydrogens is 286 g/mol. The van der Waals surface area contributed by atoms with Crippen LogP contribution in [-0.4, -0.2) is 47.5 Å². The van der Waals surface area contributed by atoms with Gasteiger partial charge in [-0.1, -0.05) is 0 Å². The SMILES string of the molecule is COC(=O)CN(c1ccc2c(c1)OCCO2)S(C)(=O)=O. The van der Waals surface area contributed by atoms with Crippen LogP contribution in [0.5, 0.6) is 11.5 Å². The van der Waals surface area contributed by atoms with Gasteiger partial charge in [-0.25, -0.2) is 8.42 Å². The van der Waals surface area contributed by atoms with Crippen molar-refractivity contribution in [2.45, 2.75) is 0 Å². The number of rotatable bonds is 4. The predicted molar refractivity (Wildman–Crippen MR) is 71.6 cm³/mol. The van der Waals surface area contributed by atoms with Gasteiger partial charge in [0.15, 0.2) is 11.5 Å². The first kappa shape index (κ1) is 14.4. The van der Waals surface area contributed by atoms with Crippen molar-refractivity contribution in [1.82, 2.24) is 0 Å². The average molecular weight is 301 g/mol. The molecule has 1 aliphatic heterocycles. The highest BCUT2D eigenvalue weighted by Crippen LogP contribution is 2.34. The number of sulfonamides is 1. The summed E-state index contributed by atoms with van der Waals surface area (Å²) in [6, 6.07) is 4.69.